The Balaban J connectivity index is 1.39. The van der Waals surface area contributed by atoms with E-state index in [2.05, 4.69) is 18.3 Å². The molecule has 2 aliphatic rings. The summed E-state index contributed by atoms with van der Waals surface area (Å²) in [5.41, 5.74) is 2.31. The molecule has 1 aromatic rings. The standard InChI is InChI=1S/C19H28N2O2/c1-15-14-16-8-5-6-11-18(16)21(15)19(22)20-12-7-13-23-17-9-3-2-4-10-17/h5-6,8,11,15,17H,2-4,7,9-10,12-14H2,1H3,(H,20,22). The summed E-state index contributed by atoms with van der Waals surface area (Å²) >= 11 is 0. The predicted octanol–water partition coefficient (Wildman–Crippen LogP) is 3.89. The highest BCUT2D eigenvalue weighted by atomic mass is 16.5. The average molecular weight is 316 g/mol. The van der Waals surface area contributed by atoms with Gasteiger partial charge in [-0.1, -0.05) is 37.5 Å². The number of hydrogen-bond acceptors (Lipinski definition) is 2. The highest BCUT2D eigenvalue weighted by Crippen LogP contribution is 2.31. The first-order valence-corrected chi connectivity index (χ1v) is 9.02. The third-order valence-electron chi connectivity index (χ3n) is 4.93. The van der Waals surface area contributed by atoms with Crippen LogP contribution in [-0.2, 0) is 11.2 Å². The molecule has 1 aliphatic carbocycles. The van der Waals surface area contributed by atoms with Gasteiger partial charge in [0.05, 0.1) is 6.10 Å². The number of fused-ring (bicyclic) bond motifs is 1. The fraction of sp³-hybridized carbons (Fsp3) is 0.632. The van der Waals surface area contributed by atoms with Crippen LogP contribution >= 0.6 is 0 Å². The Bertz CT molecular complexity index is 526. The van der Waals surface area contributed by atoms with E-state index in [0.29, 0.717) is 12.6 Å². The predicted molar refractivity (Wildman–Crippen MR) is 92.9 cm³/mol. The van der Waals surface area contributed by atoms with Crippen molar-refractivity contribution in [3.8, 4) is 0 Å². The van der Waals surface area contributed by atoms with Crippen molar-refractivity contribution < 1.29 is 9.53 Å². The van der Waals surface area contributed by atoms with Crippen molar-refractivity contribution in [1.29, 1.82) is 0 Å². The van der Waals surface area contributed by atoms with E-state index in [9.17, 15) is 4.79 Å². The summed E-state index contributed by atoms with van der Waals surface area (Å²) in [5.74, 6) is 0. The summed E-state index contributed by atoms with van der Waals surface area (Å²) in [6.07, 6.45) is 8.63. The zero-order chi connectivity index (χ0) is 16.1. The number of carbonyl (C=O) groups is 1. The van der Waals surface area contributed by atoms with E-state index < -0.39 is 0 Å². The number of nitrogens with one attached hydrogen (secondary N) is 1. The van der Waals surface area contributed by atoms with Gasteiger partial charge < -0.3 is 10.1 Å². The van der Waals surface area contributed by atoms with Crippen molar-refractivity contribution in [3.63, 3.8) is 0 Å². The monoisotopic (exact) mass is 316 g/mol. The maximum absolute atomic E-state index is 12.5. The lowest BCUT2D eigenvalue weighted by Crippen LogP contribution is -2.43. The van der Waals surface area contributed by atoms with Crippen molar-refractivity contribution in [2.45, 2.75) is 64.0 Å². The molecule has 0 saturated heterocycles. The minimum Gasteiger partial charge on any atom is -0.378 e. The lowest BCUT2D eigenvalue weighted by atomic mass is 9.98. The van der Waals surface area contributed by atoms with Crippen LogP contribution in [0.15, 0.2) is 24.3 Å². The van der Waals surface area contributed by atoms with Gasteiger partial charge in [-0.2, -0.15) is 0 Å². The van der Waals surface area contributed by atoms with Crippen molar-refractivity contribution >= 4 is 11.7 Å². The third-order valence-corrected chi connectivity index (χ3v) is 4.93. The summed E-state index contributed by atoms with van der Waals surface area (Å²) in [4.78, 5) is 14.3. The zero-order valence-corrected chi connectivity index (χ0v) is 14.1. The van der Waals surface area contributed by atoms with Crippen LogP contribution in [0, 0.1) is 0 Å². The molecule has 1 fully saturated rings. The first-order valence-electron chi connectivity index (χ1n) is 9.02. The molecule has 1 aliphatic heterocycles. The number of amides is 2. The molecule has 0 bridgehead atoms. The highest BCUT2D eigenvalue weighted by Gasteiger charge is 2.30. The molecule has 0 radical (unpaired) electrons. The lowest BCUT2D eigenvalue weighted by Gasteiger charge is -2.24. The van der Waals surface area contributed by atoms with Crippen LogP contribution < -0.4 is 10.2 Å². The molecule has 1 heterocycles. The zero-order valence-electron chi connectivity index (χ0n) is 14.1. The second-order valence-corrected chi connectivity index (χ2v) is 6.77. The summed E-state index contributed by atoms with van der Waals surface area (Å²) in [6.45, 7) is 3.53. The van der Waals surface area contributed by atoms with Gasteiger partial charge in [0.1, 0.15) is 0 Å². The molecule has 1 aromatic carbocycles. The van der Waals surface area contributed by atoms with Crippen LogP contribution in [0.2, 0.25) is 0 Å². The smallest absolute Gasteiger partial charge is 0.322 e. The fourth-order valence-electron chi connectivity index (χ4n) is 3.71. The molecule has 1 N–H and O–H groups in total. The molecular weight excluding hydrogens is 288 g/mol. The first-order chi connectivity index (χ1) is 11.3. The number of para-hydroxylation sites is 1. The minimum atomic E-state index is 0.0140. The molecule has 0 spiro atoms. The largest absolute Gasteiger partial charge is 0.378 e. The Labute approximate surface area is 139 Å². The van der Waals surface area contributed by atoms with Crippen molar-refractivity contribution in [3.05, 3.63) is 29.8 Å². The number of benzene rings is 1. The summed E-state index contributed by atoms with van der Waals surface area (Å²) in [5, 5.41) is 3.04. The van der Waals surface area contributed by atoms with Gasteiger partial charge in [0.25, 0.3) is 0 Å². The molecule has 1 atom stereocenters. The molecule has 1 unspecified atom stereocenters. The first kappa shape index (κ1) is 16.3. The molecule has 2 amide bonds. The number of anilines is 1. The normalized spacial score (nSPS) is 21.3. The Hall–Kier alpha value is -1.55. The van der Waals surface area contributed by atoms with E-state index in [0.717, 1.165) is 25.1 Å². The van der Waals surface area contributed by atoms with E-state index in [-0.39, 0.29) is 12.1 Å². The van der Waals surface area contributed by atoms with E-state index in [1.165, 1.54) is 37.7 Å². The lowest BCUT2D eigenvalue weighted by molar-refractivity contribution is 0.0276. The van der Waals surface area contributed by atoms with Gasteiger partial charge in [-0.3, -0.25) is 4.90 Å². The fourth-order valence-corrected chi connectivity index (χ4v) is 3.71. The SMILES string of the molecule is CC1Cc2ccccc2N1C(=O)NCCCOC1CCCCC1. The second kappa shape index (κ2) is 7.82. The van der Waals surface area contributed by atoms with E-state index >= 15 is 0 Å². The maximum Gasteiger partial charge on any atom is 0.322 e. The molecule has 23 heavy (non-hydrogen) atoms. The van der Waals surface area contributed by atoms with Gasteiger partial charge in [0.15, 0.2) is 0 Å². The Morgan fingerprint density at radius 2 is 2.04 bits per heavy atom. The Kier molecular flexibility index (Phi) is 5.55. The molecule has 0 aromatic heterocycles. The maximum atomic E-state index is 12.5. The third kappa shape index (κ3) is 4.05. The molecule has 126 valence electrons. The summed E-state index contributed by atoms with van der Waals surface area (Å²) in [6, 6.07) is 8.41. The van der Waals surface area contributed by atoms with Gasteiger partial charge in [0.2, 0.25) is 0 Å². The van der Waals surface area contributed by atoms with Crippen LogP contribution in [0.3, 0.4) is 0 Å². The van der Waals surface area contributed by atoms with Crippen molar-refractivity contribution in [2.75, 3.05) is 18.1 Å². The van der Waals surface area contributed by atoms with Gasteiger partial charge in [0, 0.05) is 24.9 Å². The average Bonchev–Trinajstić information content (AvgIpc) is 2.91. The van der Waals surface area contributed by atoms with Crippen molar-refractivity contribution in [2.24, 2.45) is 0 Å². The highest BCUT2D eigenvalue weighted by molar-refractivity contribution is 5.94. The number of carbonyl (C=O) groups excluding carboxylic acids is 1. The number of rotatable bonds is 5. The molecule has 4 heteroatoms. The second-order valence-electron chi connectivity index (χ2n) is 6.77. The van der Waals surface area contributed by atoms with Crippen LogP contribution in [-0.4, -0.2) is 31.3 Å². The van der Waals surface area contributed by atoms with Crippen LogP contribution in [0.25, 0.3) is 0 Å². The molecule has 4 nitrogen and oxygen atoms in total. The summed E-state index contributed by atoms with van der Waals surface area (Å²) in [7, 11) is 0. The van der Waals surface area contributed by atoms with E-state index in [1.54, 1.807) is 0 Å². The number of nitrogens with zero attached hydrogens (tertiary/aromatic N) is 1. The minimum absolute atomic E-state index is 0.0140. The Morgan fingerprint density at radius 3 is 2.87 bits per heavy atom. The number of ether oxygens (including phenoxy) is 1. The topological polar surface area (TPSA) is 41.6 Å². The van der Waals surface area contributed by atoms with E-state index in [1.807, 2.05) is 23.1 Å². The Morgan fingerprint density at radius 1 is 1.26 bits per heavy atom. The quantitative estimate of drug-likeness (QED) is 0.837. The van der Waals surface area contributed by atoms with E-state index in [4.69, 9.17) is 4.74 Å². The van der Waals surface area contributed by atoms with Gasteiger partial charge in [-0.25, -0.2) is 4.79 Å². The summed E-state index contributed by atoms with van der Waals surface area (Å²) < 4.78 is 5.90. The number of hydrogen-bond donors (Lipinski definition) is 1. The van der Waals surface area contributed by atoms with Crippen molar-refractivity contribution in [1.82, 2.24) is 5.32 Å². The van der Waals surface area contributed by atoms with Gasteiger partial charge >= 0.3 is 6.03 Å². The van der Waals surface area contributed by atoms with Gasteiger partial charge in [-0.15, -0.1) is 0 Å². The van der Waals surface area contributed by atoms with Crippen LogP contribution in [0.5, 0.6) is 0 Å². The van der Waals surface area contributed by atoms with Crippen LogP contribution in [0.4, 0.5) is 10.5 Å². The van der Waals surface area contributed by atoms with Crippen LogP contribution in [0.1, 0.15) is 51.0 Å². The molecule has 3 rings (SSSR count). The molecule has 1 saturated carbocycles. The van der Waals surface area contributed by atoms with Gasteiger partial charge in [-0.05, 0) is 44.2 Å². The number of urea groups is 1. The molecular formula is C19H28N2O2.